The molecule has 26 heavy (non-hydrogen) atoms. The fourth-order valence-corrected chi connectivity index (χ4v) is 5.15. The number of aromatic nitrogens is 3. The third kappa shape index (κ3) is 3.41. The van der Waals surface area contributed by atoms with E-state index in [9.17, 15) is 4.79 Å². The number of fused-ring (bicyclic) bond motifs is 1. The van der Waals surface area contributed by atoms with Gasteiger partial charge in [0, 0.05) is 20.1 Å². The molecular formula is C19H26N4O2S. The molecule has 0 radical (unpaired) electrons. The van der Waals surface area contributed by atoms with E-state index in [-0.39, 0.29) is 5.91 Å². The molecule has 4 rings (SSSR count). The summed E-state index contributed by atoms with van der Waals surface area (Å²) in [6, 6.07) is 1.90. The summed E-state index contributed by atoms with van der Waals surface area (Å²) in [4.78, 5) is 14.7. The van der Waals surface area contributed by atoms with Gasteiger partial charge in [0.2, 0.25) is 5.91 Å². The Morgan fingerprint density at radius 3 is 2.85 bits per heavy atom. The number of likely N-dealkylation sites (tertiary alicyclic amines) is 1. The molecule has 0 N–H and O–H groups in total. The molecule has 3 heterocycles. The van der Waals surface area contributed by atoms with Crippen molar-refractivity contribution in [2.45, 2.75) is 44.2 Å². The summed E-state index contributed by atoms with van der Waals surface area (Å²) >= 11 is 1.47. The fourth-order valence-electron chi connectivity index (χ4n) is 4.34. The van der Waals surface area contributed by atoms with Gasteiger partial charge < -0.3 is 13.9 Å². The zero-order chi connectivity index (χ0) is 18.1. The first-order valence-electron chi connectivity index (χ1n) is 9.48. The average molecular weight is 375 g/mol. The number of rotatable bonds is 4. The summed E-state index contributed by atoms with van der Waals surface area (Å²) in [5.74, 6) is 3.81. The smallest absolute Gasteiger partial charge is 0.233 e. The summed E-state index contributed by atoms with van der Waals surface area (Å²) in [6.07, 6.45) is 8.18. The maximum atomic E-state index is 12.7. The molecule has 0 aromatic carbocycles. The van der Waals surface area contributed by atoms with Crippen LogP contribution in [0.2, 0.25) is 0 Å². The standard InChI is InChI=1S/C19H26N4O2S/c1-13-16(8-10-25-13)18-20-21-19(22(18)2)26-12-17(24)23-9-7-14-5-3-4-6-15(14)11-23/h8,10,14-15H,3-7,9,11-12H2,1-2H3/t14-,15-/m1/s1. The number of hydrogen-bond acceptors (Lipinski definition) is 5. The van der Waals surface area contributed by atoms with E-state index in [0.717, 1.165) is 47.2 Å². The zero-order valence-electron chi connectivity index (χ0n) is 15.5. The minimum absolute atomic E-state index is 0.225. The minimum Gasteiger partial charge on any atom is -0.469 e. The number of carbonyl (C=O) groups excluding carboxylic acids is 1. The molecule has 0 unspecified atom stereocenters. The highest BCUT2D eigenvalue weighted by atomic mass is 32.2. The summed E-state index contributed by atoms with van der Waals surface area (Å²) < 4.78 is 7.29. The van der Waals surface area contributed by atoms with E-state index in [2.05, 4.69) is 15.1 Å². The van der Waals surface area contributed by atoms with Crippen molar-refractivity contribution < 1.29 is 9.21 Å². The van der Waals surface area contributed by atoms with Crippen LogP contribution >= 0.6 is 11.8 Å². The van der Waals surface area contributed by atoms with E-state index < -0.39 is 0 Å². The average Bonchev–Trinajstić information content (AvgIpc) is 3.24. The molecule has 0 bridgehead atoms. The third-order valence-corrected chi connectivity index (χ3v) is 6.91. The van der Waals surface area contributed by atoms with E-state index in [1.807, 2.05) is 24.6 Å². The molecule has 2 aromatic heterocycles. The van der Waals surface area contributed by atoms with Gasteiger partial charge in [0.1, 0.15) is 5.76 Å². The molecule has 2 fully saturated rings. The molecule has 1 aliphatic carbocycles. The van der Waals surface area contributed by atoms with Gasteiger partial charge in [0.15, 0.2) is 11.0 Å². The first-order chi connectivity index (χ1) is 12.6. The normalized spacial score (nSPS) is 23.1. The van der Waals surface area contributed by atoms with Crippen LogP contribution in [0.1, 0.15) is 37.9 Å². The van der Waals surface area contributed by atoms with E-state index >= 15 is 0 Å². The Labute approximate surface area is 158 Å². The van der Waals surface area contributed by atoms with Crippen molar-refractivity contribution in [2.24, 2.45) is 18.9 Å². The quantitative estimate of drug-likeness (QED) is 0.766. The molecule has 2 aromatic rings. The molecule has 0 spiro atoms. The van der Waals surface area contributed by atoms with Gasteiger partial charge in [-0.15, -0.1) is 10.2 Å². The largest absolute Gasteiger partial charge is 0.469 e. The Balaban J connectivity index is 1.36. The lowest BCUT2D eigenvalue weighted by Crippen LogP contribution is -2.45. The first kappa shape index (κ1) is 17.6. The Kier molecular flexibility index (Phi) is 5.07. The SMILES string of the molecule is Cc1occc1-c1nnc(SCC(=O)N2CC[C@H]3CCCC[C@@H]3C2)n1C. The van der Waals surface area contributed by atoms with E-state index in [1.165, 1.54) is 43.9 Å². The molecule has 2 aliphatic rings. The monoisotopic (exact) mass is 374 g/mol. The molecule has 140 valence electrons. The number of carbonyl (C=O) groups is 1. The van der Waals surface area contributed by atoms with Crippen LogP contribution in [-0.4, -0.2) is 44.4 Å². The number of hydrogen-bond donors (Lipinski definition) is 0. The summed E-state index contributed by atoms with van der Waals surface area (Å²) in [5, 5.41) is 9.29. The zero-order valence-corrected chi connectivity index (χ0v) is 16.3. The van der Waals surface area contributed by atoms with Crippen molar-refractivity contribution in [1.82, 2.24) is 19.7 Å². The number of aryl methyl sites for hydroxylation is 1. The van der Waals surface area contributed by atoms with Gasteiger partial charge in [-0.3, -0.25) is 4.79 Å². The van der Waals surface area contributed by atoms with Gasteiger partial charge in [-0.2, -0.15) is 0 Å². The van der Waals surface area contributed by atoms with Crippen LogP contribution < -0.4 is 0 Å². The van der Waals surface area contributed by atoms with Gasteiger partial charge >= 0.3 is 0 Å². The van der Waals surface area contributed by atoms with Crippen LogP contribution in [0.3, 0.4) is 0 Å². The number of nitrogens with zero attached hydrogens (tertiary/aromatic N) is 4. The lowest BCUT2D eigenvalue weighted by Gasteiger charge is -2.41. The Bertz CT molecular complexity index is 784. The summed E-state index contributed by atoms with van der Waals surface area (Å²) in [6.45, 7) is 3.77. The number of furan rings is 1. The van der Waals surface area contributed by atoms with Crippen LogP contribution in [0, 0.1) is 18.8 Å². The second-order valence-corrected chi connectivity index (χ2v) is 8.42. The molecule has 2 atom stereocenters. The van der Waals surface area contributed by atoms with Crippen molar-refractivity contribution in [3.63, 3.8) is 0 Å². The van der Waals surface area contributed by atoms with Crippen molar-refractivity contribution in [3.8, 4) is 11.4 Å². The highest BCUT2D eigenvalue weighted by Crippen LogP contribution is 2.36. The highest BCUT2D eigenvalue weighted by molar-refractivity contribution is 7.99. The second-order valence-electron chi connectivity index (χ2n) is 7.48. The summed E-state index contributed by atoms with van der Waals surface area (Å²) in [5.41, 5.74) is 0.942. The molecular weight excluding hydrogens is 348 g/mol. The van der Waals surface area contributed by atoms with Crippen LogP contribution in [0.15, 0.2) is 21.9 Å². The number of thioether (sulfide) groups is 1. The maximum Gasteiger partial charge on any atom is 0.233 e. The predicted molar refractivity (Wildman–Crippen MR) is 101 cm³/mol. The van der Waals surface area contributed by atoms with Crippen molar-refractivity contribution in [3.05, 3.63) is 18.1 Å². The maximum absolute atomic E-state index is 12.7. The van der Waals surface area contributed by atoms with Gasteiger partial charge in [-0.25, -0.2) is 0 Å². The molecule has 1 saturated carbocycles. The molecule has 7 heteroatoms. The molecule has 1 aliphatic heterocycles. The van der Waals surface area contributed by atoms with Crippen molar-refractivity contribution >= 4 is 17.7 Å². The molecule has 6 nitrogen and oxygen atoms in total. The van der Waals surface area contributed by atoms with Crippen LogP contribution in [-0.2, 0) is 11.8 Å². The van der Waals surface area contributed by atoms with Crippen LogP contribution in [0.25, 0.3) is 11.4 Å². The molecule has 1 saturated heterocycles. The van der Waals surface area contributed by atoms with Crippen LogP contribution in [0.5, 0.6) is 0 Å². The highest BCUT2D eigenvalue weighted by Gasteiger charge is 2.32. The lowest BCUT2D eigenvalue weighted by atomic mass is 9.75. The Morgan fingerprint density at radius 1 is 1.27 bits per heavy atom. The van der Waals surface area contributed by atoms with Gasteiger partial charge in [-0.05, 0) is 37.7 Å². The number of amides is 1. The van der Waals surface area contributed by atoms with Crippen molar-refractivity contribution in [1.29, 1.82) is 0 Å². The van der Waals surface area contributed by atoms with Crippen molar-refractivity contribution in [2.75, 3.05) is 18.8 Å². The van der Waals surface area contributed by atoms with Crippen LogP contribution in [0.4, 0.5) is 0 Å². The predicted octanol–water partition coefficient (Wildman–Crippen LogP) is 3.51. The minimum atomic E-state index is 0.225. The van der Waals surface area contributed by atoms with Gasteiger partial charge in [-0.1, -0.05) is 31.0 Å². The number of piperidine rings is 1. The van der Waals surface area contributed by atoms with Gasteiger partial charge in [0.25, 0.3) is 0 Å². The topological polar surface area (TPSA) is 64.2 Å². The van der Waals surface area contributed by atoms with E-state index in [0.29, 0.717) is 5.75 Å². The summed E-state index contributed by atoms with van der Waals surface area (Å²) in [7, 11) is 1.93. The first-order valence-corrected chi connectivity index (χ1v) is 10.5. The fraction of sp³-hybridized carbons (Fsp3) is 0.632. The van der Waals surface area contributed by atoms with E-state index in [1.54, 1.807) is 6.26 Å². The Hall–Kier alpha value is -1.76. The Morgan fingerprint density at radius 2 is 2.08 bits per heavy atom. The third-order valence-electron chi connectivity index (χ3n) is 5.90. The second kappa shape index (κ2) is 7.47. The molecule has 1 amide bonds. The van der Waals surface area contributed by atoms with Gasteiger partial charge in [0.05, 0.1) is 17.6 Å². The lowest BCUT2D eigenvalue weighted by molar-refractivity contribution is -0.131. The van der Waals surface area contributed by atoms with E-state index in [4.69, 9.17) is 4.42 Å².